The van der Waals surface area contributed by atoms with E-state index in [0.717, 1.165) is 0 Å². The van der Waals surface area contributed by atoms with E-state index in [1.54, 1.807) is 18.2 Å². The van der Waals surface area contributed by atoms with Crippen LogP contribution in [-0.4, -0.2) is 20.4 Å². The molecule has 0 aliphatic carbocycles. The van der Waals surface area contributed by atoms with Crippen molar-refractivity contribution in [2.24, 2.45) is 5.16 Å². The number of hydrogen-bond donors (Lipinski definition) is 0. The van der Waals surface area contributed by atoms with Crippen LogP contribution in [0.4, 0.5) is 0 Å². The highest BCUT2D eigenvalue weighted by molar-refractivity contribution is 7.92. The summed E-state index contributed by atoms with van der Waals surface area (Å²) in [5.74, 6) is -0.275. The lowest BCUT2D eigenvalue weighted by molar-refractivity contribution is 0.132. The average Bonchev–Trinajstić information content (AvgIpc) is 2.49. The van der Waals surface area contributed by atoms with Gasteiger partial charge in [0.1, 0.15) is 6.61 Å². The Hall–Kier alpha value is -1.27. The summed E-state index contributed by atoms with van der Waals surface area (Å²) in [6, 6.07) is 10.9. The van der Waals surface area contributed by atoms with Crippen LogP contribution in [0.25, 0.3) is 0 Å². The van der Waals surface area contributed by atoms with Gasteiger partial charge in [-0.05, 0) is 36.4 Å². The van der Waals surface area contributed by atoms with Crippen molar-refractivity contribution in [2.75, 3.05) is 5.75 Å². The molecular formula is C15H12Cl3NO3S. The summed E-state index contributed by atoms with van der Waals surface area (Å²) in [5.41, 5.74) is 0.703. The molecule has 0 heterocycles. The third kappa shape index (κ3) is 5.39. The summed E-state index contributed by atoms with van der Waals surface area (Å²) in [6.45, 7) is 0.119. The molecule has 0 aliphatic rings. The second kappa shape index (κ2) is 8.02. The van der Waals surface area contributed by atoms with Gasteiger partial charge in [0.25, 0.3) is 0 Å². The quantitative estimate of drug-likeness (QED) is 0.532. The van der Waals surface area contributed by atoms with Gasteiger partial charge in [-0.3, -0.25) is 0 Å². The number of hydrogen-bond acceptors (Lipinski definition) is 4. The van der Waals surface area contributed by atoms with Crippen LogP contribution in [0.1, 0.15) is 5.56 Å². The topological polar surface area (TPSA) is 55.7 Å². The fourth-order valence-electron chi connectivity index (χ4n) is 1.66. The fraction of sp³-hybridized carbons (Fsp3) is 0.133. The molecular weight excluding hydrogens is 381 g/mol. The van der Waals surface area contributed by atoms with Crippen molar-refractivity contribution in [3.8, 4) is 0 Å². The molecule has 2 aromatic carbocycles. The zero-order chi connectivity index (χ0) is 16.9. The predicted molar refractivity (Wildman–Crippen MR) is 93.2 cm³/mol. The Bertz CT molecular complexity index is 805. The lowest BCUT2D eigenvalue weighted by atomic mass is 10.2. The van der Waals surface area contributed by atoms with Gasteiger partial charge in [-0.1, -0.05) is 46.0 Å². The van der Waals surface area contributed by atoms with Crippen molar-refractivity contribution in [1.29, 1.82) is 0 Å². The first-order valence-electron chi connectivity index (χ1n) is 6.44. The second-order valence-corrected chi connectivity index (χ2v) is 7.85. The van der Waals surface area contributed by atoms with E-state index in [0.29, 0.717) is 20.6 Å². The number of benzene rings is 2. The molecule has 0 N–H and O–H groups in total. The molecule has 2 rings (SSSR count). The van der Waals surface area contributed by atoms with E-state index in [2.05, 4.69) is 5.16 Å². The summed E-state index contributed by atoms with van der Waals surface area (Å²) in [4.78, 5) is 5.22. The minimum Gasteiger partial charge on any atom is -0.391 e. The predicted octanol–water partition coefficient (Wildman–Crippen LogP) is 4.62. The summed E-state index contributed by atoms with van der Waals surface area (Å²) in [6.07, 6.45) is 1.19. The molecule has 0 aromatic heterocycles. The molecule has 0 aliphatic heterocycles. The van der Waals surface area contributed by atoms with Crippen LogP contribution in [0.15, 0.2) is 52.5 Å². The highest BCUT2D eigenvalue weighted by atomic mass is 35.5. The molecule has 23 heavy (non-hydrogen) atoms. The molecule has 0 unspecified atom stereocenters. The van der Waals surface area contributed by atoms with Crippen molar-refractivity contribution < 1.29 is 13.3 Å². The molecule has 0 saturated carbocycles. The summed E-state index contributed by atoms with van der Waals surface area (Å²) >= 11 is 17.5. The van der Waals surface area contributed by atoms with Gasteiger partial charge < -0.3 is 4.84 Å². The van der Waals surface area contributed by atoms with Crippen LogP contribution < -0.4 is 0 Å². The van der Waals surface area contributed by atoms with E-state index in [9.17, 15) is 8.42 Å². The van der Waals surface area contributed by atoms with E-state index in [1.807, 2.05) is 0 Å². The number of oxime groups is 1. The van der Waals surface area contributed by atoms with Gasteiger partial charge in [-0.15, -0.1) is 0 Å². The van der Waals surface area contributed by atoms with Gasteiger partial charge in [0.2, 0.25) is 0 Å². The van der Waals surface area contributed by atoms with Gasteiger partial charge in [0, 0.05) is 20.6 Å². The zero-order valence-electron chi connectivity index (χ0n) is 11.7. The molecule has 0 amide bonds. The highest BCUT2D eigenvalue weighted by Crippen LogP contribution is 2.21. The zero-order valence-corrected chi connectivity index (χ0v) is 14.8. The fourth-order valence-corrected chi connectivity index (χ4v) is 3.25. The molecule has 4 nitrogen and oxygen atoms in total. The molecule has 122 valence electrons. The Balaban J connectivity index is 1.90. The van der Waals surface area contributed by atoms with E-state index in [1.165, 1.54) is 30.5 Å². The lowest BCUT2D eigenvalue weighted by Gasteiger charge is -2.03. The third-order valence-corrected chi connectivity index (χ3v) is 5.27. The first kappa shape index (κ1) is 18.1. The first-order chi connectivity index (χ1) is 10.9. The molecule has 0 radical (unpaired) electrons. The molecule has 0 saturated heterocycles. The van der Waals surface area contributed by atoms with Crippen LogP contribution in [0.5, 0.6) is 0 Å². The number of halogens is 3. The molecule has 8 heteroatoms. The number of sulfone groups is 1. The number of rotatable bonds is 6. The van der Waals surface area contributed by atoms with Crippen molar-refractivity contribution in [2.45, 2.75) is 11.5 Å². The van der Waals surface area contributed by atoms with Gasteiger partial charge in [0.05, 0.1) is 16.9 Å². The lowest BCUT2D eigenvalue weighted by Crippen LogP contribution is -2.07. The molecule has 0 fully saturated rings. The van der Waals surface area contributed by atoms with Crippen LogP contribution in [0.3, 0.4) is 0 Å². The third-order valence-electron chi connectivity index (χ3n) is 2.85. The largest absolute Gasteiger partial charge is 0.391 e. The Kier molecular flexibility index (Phi) is 6.30. The van der Waals surface area contributed by atoms with E-state index in [4.69, 9.17) is 39.6 Å². The van der Waals surface area contributed by atoms with E-state index < -0.39 is 9.84 Å². The van der Waals surface area contributed by atoms with Crippen molar-refractivity contribution in [3.63, 3.8) is 0 Å². The summed E-state index contributed by atoms with van der Waals surface area (Å²) < 4.78 is 24.1. The van der Waals surface area contributed by atoms with Crippen LogP contribution in [-0.2, 0) is 21.3 Å². The normalized spacial score (nSPS) is 11.8. The highest BCUT2D eigenvalue weighted by Gasteiger charge is 2.12. The monoisotopic (exact) mass is 391 g/mol. The Morgan fingerprint density at radius 3 is 2.30 bits per heavy atom. The van der Waals surface area contributed by atoms with E-state index >= 15 is 0 Å². The van der Waals surface area contributed by atoms with Crippen molar-refractivity contribution in [1.82, 2.24) is 0 Å². The maximum absolute atomic E-state index is 12.0. The van der Waals surface area contributed by atoms with Gasteiger partial charge in [0.15, 0.2) is 9.84 Å². The van der Waals surface area contributed by atoms with Crippen LogP contribution in [0.2, 0.25) is 15.1 Å². The molecule has 2 aromatic rings. The minimum absolute atomic E-state index is 0.119. The summed E-state index contributed by atoms with van der Waals surface area (Å²) in [5, 5.41) is 5.09. The molecule has 0 spiro atoms. The van der Waals surface area contributed by atoms with E-state index in [-0.39, 0.29) is 17.3 Å². The van der Waals surface area contributed by atoms with Crippen molar-refractivity contribution >= 4 is 50.9 Å². The molecule has 0 bridgehead atoms. The number of nitrogens with zero attached hydrogens (tertiary/aromatic N) is 1. The Labute approximate surface area is 149 Å². The van der Waals surface area contributed by atoms with Crippen LogP contribution >= 0.6 is 34.8 Å². The van der Waals surface area contributed by atoms with Gasteiger partial charge in [-0.2, -0.15) is 0 Å². The Morgan fingerprint density at radius 1 is 1.00 bits per heavy atom. The second-order valence-electron chi connectivity index (χ2n) is 4.53. The smallest absolute Gasteiger partial charge is 0.183 e. The maximum Gasteiger partial charge on any atom is 0.183 e. The van der Waals surface area contributed by atoms with Crippen molar-refractivity contribution in [3.05, 3.63) is 63.1 Å². The summed E-state index contributed by atoms with van der Waals surface area (Å²) in [7, 11) is -3.47. The van der Waals surface area contributed by atoms with Gasteiger partial charge in [-0.25, -0.2) is 8.42 Å². The standard InChI is InChI=1S/C15H12Cl3NO3S/c16-12-3-5-14(6-4-12)23(20,21)8-7-19-22-10-11-1-2-13(17)9-15(11)18/h1-7,9H,8,10H2. The first-order valence-corrected chi connectivity index (χ1v) is 9.23. The minimum atomic E-state index is -3.47. The SMILES string of the molecule is O=S(=O)(CC=NOCc1ccc(Cl)cc1Cl)c1ccc(Cl)cc1. The molecule has 0 atom stereocenters. The maximum atomic E-state index is 12.0. The average molecular weight is 393 g/mol. The Morgan fingerprint density at radius 2 is 1.65 bits per heavy atom. The van der Waals surface area contributed by atoms with Gasteiger partial charge >= 0.3 is 0 Å². The van der Waals surface area contributed by atoms with Crippen LogP contribution in [0, 0.1) is 0 Å².